The van der Waals surface area contributed by atoms with Gasteiger partial charge in [0.1, 0.15) is 11.5 Å². The van der Waals surface area contributed by atoms with Gasteiger partial charge in [-0.1, -0.05) is 45.0 Å². The lowest BCUT2D eigenvalue weighted by atomic mass is 10.1. The first-order valence-electron chi connectivity index (χ1n) is 7.51. The number of ether oxygens (including phenoxy) is 1. The highest BCUT2D eigenvalue weighted by molar-refractivity contribution is 6.74. The molecule has 0 atom stereocenters. The average molecular weight is 316 g/mol. The van der Waals surface area contributed by atoms with Crippen LogP contribution in [0.5, 0.6) is 11.5 Å². The van der Waals surface area contributed by atoms with Crippen LogP contribution in [0.4, 0.5) is 0 Å². The molecule has 0 spiro atoms. The van der Waals surface area contributed by atoms with Crippen molar-refractivity contribution in [2.45, 2.75) is 45.8 Å². The molecule has 4 heteroatoms. The fourth-order valence-corrected chi connectivity index (χ4v) is 3.05. The third-order valence-corrected chi connectivity index (χ3v) is 8.61. The van der Waals surface area contributed by atoms with Gasteiger partial charge in [-0.25, -0.2) is 0 Å². The van der Waals surface area contributed by atoms with E-state index in [2.05, 4.69) is 33.9 Å². The van der Waals surface area contributed by atoms with Crippen molar-refractivity contribution in [2.75, 3.05) is 0 Å². The summed E-state index contributed by atoms with van der Waals surface area (Å²) in [6, 6.07) is 11.6. The van der Waals surface area contributed by atoms with Crippen LogP contribution in [0, 0.1) is 0 Å². The van der Waals surface area contributed by atoms with E-state index in [1.54, 1.807) is 6.07 Å². The third-order valence-electron chi connectivity index (χ3n) is 4.27. The molecule has 2 rings (SSSR count). The van der Waals surface area contributed by atoms with Crippen LogP contribution in [0.2, 0.25) is 18.1 Å². The first-order valence-corrected chi connectivity index (χ1v) is 10.4. The molecule has 0 aliphatic carbocycles. The predicted octanol–water partition coefficient (Wildman–Crippen LogP) is 5.15. The molecule has 3 nitrogen and oxygen atoms in total. The molecule has 0 aliphatic rings. The Bertz CT molecular complexity index is 699. The molecule has 0 amide bonds. The zero-order chi connectivity index (χ0) is 16.5. The van der Waals surface area contributed by atoms with E-state index in [0.717, 1.165) is 16.5 Å². The van der Waals surface area contributed by atoms with Crippen molar-refractivity contribution in [1.82, 2.24) is 0 Å². The SMILES string of the molecule is CC(=O)Oc1cccc2c(O[Si](C)(C)C(C)(C)C)cccc12. The van der Waals surface area contributed by atoms with Gasteiger partial charge in [0.2, 0.25) is 0 Å². The zero-order valence-corrected chi connectivity index (χ0v) is 15.2. The highest BCUT2D eigenvalue weighted by Gasteiger charge is 2.39. The standard InChI is InChI=1S/C18H24O3Si/c1-13(19)20-16-11-7-10-15-14(16)9-8-12-17(15)21-22(5,6)18(2,3)4/h7-12H,1-6H3. The van der Waals surface area contributed by atoms with Gasteiger partial charge in [-0.3, -0.25) is 4.79 Å². The van der Waals surface area contributed by atoms with Gasteiger partial charge in [-0.05, 0) is 30.3 Å². The number of fused-ring (bicyclic) bond motifs is 1. The molecule has 0 heterocycles. The van der Waals surface area contributed by atoms with Gasteiger partial charge in [0.05, 0.1) is 0 Å². The summed E-state index contributed by atoms with van der Waals surface area (Å²) in [5, 5.41) is 2.00. The van der Waals surface area contributed by atoms with E-state index in [4.69, 9.17) is 9.16 Å². The second-order valence-corrected chi connectivity index (χ2v) is 11.8. The number of carbonyl (C=O) groups excluding carboxylic acids is 1. The van der Waals surface area contributed by atoms with E-state index in [-0.39, 0.29) is 11.0 Å². The Hall–Kier alpha value is -1.81. The Kier molecular flexibility index (Phi) is 4.34. The minimum Gasteiger partial charge on any atom is -0.543 e. The lowest BCUT2D eigenvalue weighted by Crippen LogP contribution is -2.43. The van der Waals surface area contributed by atoms with E-state index in [1.807, 2.05) is 30.3 Å². The van der Waals surface area contributed by atoms with E-state index in [9.17, 15) is 4.79 Å². The van der Waals surface area contributed by atoms with E-state index in [1.165, 1.54) is 6.92 Å². The van der Waals surface area contributed by atoms with Crippen LogP contribution in [0.15, 0.2) is 36.4 Å². The molecule has 0 radical (unpaired) electrons. The predicted molar refractivity (Wildman–Crippen MR) is 93.1 cm³/mol. The molecular weight excluding hydrogens is 292 g/mol. The van der Waals surface area contributed by atoms with Crippen LogP contribution >= 0.6 is 0 Å². The monoisotopic (exact) mass is 316 g/mol. The Morgan fingerprint density at radius 2 is 1.45 bits per heavy atom. The minimum absolute atomic E-state index is 0.128. The molecule has 0 saturated carbocycles. The van der Waals surface area contributed by atoms with Crippen LogP contribution in [0.3, 0.4) is 0 Å². The van der Waals surface area contributed by atoms with Crippen molar-refractivity contribution in [1.29, 1.82) is 0 Å². The van der Waals surface area contributed by atoms with Crippen LogP contribution in [-0.4, -0.2) is 14.3 Å². The molecule has 2 aromatic carbocycles. The molecule has 0 aromatic heterocycles. The van der Waals surface area contributed by atoms with Crippen molar-refractivity contribution in [2.24, 2.45) is 0 Å². The van der Waals surface area contributed by atoms with Crippen LogP contribution in [-0.2, 0) is 4.79 Å². The number of hydrogen-bond donors (Lipinski definition) is 0. The molecule has 22 heavy (non-hydrogen) atoms. The lowest BCUT2D eigenvalue weighted by molar-refractivity contribution is -0.131. The first kappa shape index (κ1) is 16.6. The fraction of sp³-hybridized carbons (Fsp3) is 0.389. The minimum atomic E-state index is -1.92. The first-order chi connectivity index (χ1) is 10.1. The van der Waals surface area contributed by atoms with E-state index in [0.29, 0.717) is 5.75 Å². The Morgan fingerprint density at radius 1 is 0.955 bits per heavy atom. The number of benzene rings is 2. The summed E-state index contributed by atoms with van der Waals surface area (Å²) in [6.07, 6.45) is 0. The molecule has 0 unspecified atom stereocenters. The summed E-state index contributed by atoms with van der Waals surface area (Å²) in [7, 11) is -1.92. The van der Waals surface area contributed by atoms with Crippen LogP contribution < -0.4 is 9.16 Å². The van der Waals surface area contributed by atoms with Gasteiger partial charge >= 0.3 is 5.97 Å². The maximum Gasteiger partial charge on any atom is 0.308 e. The smallest absolute Gasteiger partial charge is 0.308 e. The molecule has 2 aromatic rings. The molecule has 0 fully saturated rings. The maximum atomic E-state index is 11.3. The molecule has 0 N–H and O–H groups in total. The zero-order valence-electron chi connectivity index (χ0n) is 14.2. The van der Waals surface area contributed by atoms with E-state index >= 15 is 0 Å². The number of esters is 1. The van der Waals surface area contributed by atoms with Gasteiger partial charge in [0.25, 0.3) is 8.32 Å². The highest BCUT2D eigenvalue weighted by Crippen LogP contribution is 2.40. The van der Waals surface area contributed by atoms with Crippen LogP contribution in [0.1, 0.15) is 27.7 Å². The summed E-state index contributed by atoms with van der Waals surface area (Å²) in [5.74, 6) is 1.12. The van der Waals surface area contributed by atoms with E-state index < -0.39 is 8.32 Å². The number of hydrogen-bond acceptors (Lipinski definition) is 3. The second kappa shape index (κ2) is 5.76. The highest BCUT2D eigenvalue weighted by atomic mass is 28.4. The van der Waals surface area contributed by atoms with Crippen molar-refractivity contribution >= 4 is 25.1 Å². The third kappa shape index (κ3) is 3.33. The largest absolute Gasteiger partial charge is 0.543 e. The summed E-state index contributed by atoms with van der Waals surface area (Å²) in [6.45, 7) is 12.5. The van der Waals surface area contributed by atoms with Gasteiger partial charge in [0.15, 0.2) is 0 Å². The van der Waals surface area contributed by atoms with Crippen molar-refractivity contribution in [3.05, 3.63) is 36.4 Å². The van der Waals surface area contributed by atoms with Crippen molar-refractivity contribution in [3.63, 3.8) is 0 Å². The fourth-order valence-electron chi connectivity index (χ4n) is 2.01. The molecule has 0 aliphatic heterocycles. The van der Waals surface area contributed by atoms with Crippen LogP contribution in [0.25, 0.3) is 10.8 Å². The summed E-state index contributed by atoms with van der Waals surface area (Å²) < 4.78 is 11.7. The van der Waals surface area contributed by atoms with Crippen molar-refractivity contribution in [3.8, 4) is 11.5 Å². The lowest BCUT2D eigenvalue weighted by Gasteiger charge is -2.36. The van der Waals surface area contributed by atoms with Gasteiger partial charge in [0, 0.05) is 17.7 Å². The maximum absolute atomic E-state index is 11.3. The Balaban J connectivity index is 2.51. The molecular formula is C18H24O3Si. The number of carbonyl (C=O) groups is 1. The molecule has 0 bridgehead atoms. The van der Waals surface area contributed by atoms with Gasteiger partial charge < -0.3 is 9.16 Å². The number of rotatable bonds is 3. The van der Waals surface area contributed by atoms with Gasteiger partial charge in [-0.2, -0.15) is 0 Å². The molecule has 0 saturated heterocycles. The quantitative estimate of drug-likeness (QED) is 0.446. The van der Waals surface area contributed by atoms with Gasteiger partial charge in [-0.15, -0.1) is 0 Å². The Labute approximate surface area is 133 Å². The second-order valence-electron chi connectivity index (χ2n) is 7.06. The Morgan fingerprint density at radius 3 is 1.95 bits per heavy atom. The van der Waals surface area contributed by atoms with Crippen molar-refractivity contribution < 1.29 is 14.0 Å². The topological polar surface area (TPSA) is 35.5 Å². The summed E-state index contributed by atoms with van der Waals surface area (Å²) in [4.78, 5) is 11.3. The summed E-state index contributed by atoms with van der Waals surface area (Å²) >= 11 is 0. The average Bonchev–Trinajstić information content (AvgIpc) is 2.37. The molecule has 118 valence electrons. The summed E-state index contributed by atoms with van der Waals surface area (Å²) in [5.41, 5.74) is 0. The normalized spacial score (nSPS) is 12.3.